The number of carbonyl (C=O) groups excluding carboxylic acids is 3. The van der Waals surface area contributed by atoms with E-state index in [9.17, 15) is 14.4 Å². The van der Waals surface area contributed by atoms with E-state index in [1.165, 1.54) is 11.3 Å². The third-order valence-electron chi connectivity index (χ3n) is 4.43. The fraction of sp³-hybridized carbons (Fsp3) is 0.368. The van der Waals surface area contributed by atoms with Crippen molar-refractivity contribution in [1.82, 2.24) is 9.88 Å². The van der Waals surface area contributed by atoms with Crippen LogP contribution in [0.4, 0.5) is 10.8 Å². The Kier molecular flexibility index (Phi) is 6.18. The van der Waals surface area contributed by atoms with Crippen LogP contribution in [0, 0.1) is 5.92 Å². The Morgan fingerprint density at radius 2 is 2.04 bits per heavy atom. The van der Waals surface area contributed by atoms with Crippen LogP contribution in [0.5, 0.6) is 0 Å². The van der Waals surface area contributed by atoms with Gasteiger partial charge in [-0.3, -0.25) is 19.7 Å². The third kappa shape index (κ3) is 4.91. The zero-order valence-electron chi connectivity index (χ0n) is 15.1. The van der Waals surface area contributed by atoms with E-state index in [1.807, 2.05) is 0 Å². The number of likely N-dealkylation sites (tertiary alicyclic amines) is 1. The first-order valence-corrected chi connectivity index (χ1v) is 9.84. The molecule has 142 valence electrons. The van der Waals surface area contributed by atoms with E-state index in [-0.39, 0.29) is 30.1 Å². The van der Waals surface area contributed by atoms with Crippen molar-refractivity contribution >= 4 is 39.9 Å². The van der Waals surface area contributed by atoms with Crippen molar-refractivity contribution in [1.29, 1.82) is 0 Å². The summed E-state index contributed by atoms with van der Waals surface area (Å²) < 4.78 is 0. The highest BCUT2D eigenvalue weighted by atomic mass is 32.1. The van der Waals surface area contributed by atoms with Gasteiger partial charge in [0.15, 0.2) is 5.13 Å². The SMILES string of the molecule is CCCCN1CC(C(=O)Nc2ccc(C(=O)Nc3nccs3)cc2)CC1=O. The molecule has 27 heavy (non-hydrogen) atoms. The molecule has 1 atom stereocenters. The summed E-state index contributed by atoms with van der Waals surface area (Å²) >= 11 is 1.35. The van der Waals surface area contributed by atoms with Gasteiger partial charge in [-0.05, 0) is 30.7 Å². The quantitative estimate of drug-likeness (QED) is 0.765. The number of carbonyl (C=O) groups is 3. The average molecular weight is 386 g/mol. The second kappa shape index (κ2) is 8.77. The molecule has 2 N–H and O–H groups in total. The van der Waals surface area contributed by atoms with E-state index in [2.05, 4.69) is 22.5 Å². The summed E-state index contributed by atoms with van der Waals surface area (Å²) in [5, 5.41) is 7.86. The molecule has 2 aromatic rings. The standard InChI is InChI=1S/C19H22N4O3S/c1-2-3-9-23-12-14(11-16(23)24)18(26)21-15-6-4-13(5-7-15)17(25)22-19-20-8-10-27-19/h4-8,10,14H,2-3,9,11-12H2,1H3,(H,21,26)(H,20,22,25). The highest BCUT2D eigenvalue weighted by Gasteiger charge is 2.33. The zero-order chi connectivity index (χ0) is 19.2. The van der Waals surface area contributed by atoms with Gasteiger partial charge in [0.25, 0.3) is 5.91 Å². The lowest BCUT2D eigenvalue weighted by Crippen LogP contribution is -2.29. The minimum absolute atomic E-state index is 0.0396. The van der Waals surface area contributed by atoms with E-state index in [4.69, 9.17) is 0 Å². The van der Waals surface area contributed by atoms with Gasteiger partial charge >= 0.3 is 0 Å². The van der Waals surface area contributed by atoms with Crippen LogP contribution in [0.25, 0.3) is 0 Å². The van der Waals surface area contributed by atoms with E-state index >= 15 is 0 Å². The fourth-order valence-electron chi connectivity index (χ4n) is 2.92. The third-order valence-corrected chi connectivity index (χ3v) is 5.12. The van der Waals surface area contributed by atoms with E-state index in [1.54, 1.807) is 40.7 Å². The molecule has 1 aromatic carbocycles. The summed E-state index contributed by atoms with van der Waals surface area (Å²) in [5.41, 5.74) is 1.08. The van der Waals surface area contributed by atoms with Crippen molar-refractivity contribution in [3.05, 3.63) is 41.4 Å². The van der Waals surface area contributed by atoms with E-state index < -0.39 is 0 Å². The molecular weight excluding hydrogens is 364 g/mol. The first-order chi connectivity index (χ1) is 13.1. The lowest BCUT2D eigenvalue weighted by Gasteiger charge is -2.16. The second-order valence-electron chi connectivity index (χ2n) is 6.45. The predicted octanol–water partition coefficient (Wildman–Crippen LogP) is 2.98. The molecule has 1 fully saturated rings. The van der Waals surface area contributed by atoms with Crippen molar-refractivity contribution in [2.45, 2.75) is 26.2 Å². The normalized spacial score (nSPS) is 16.4. The molecule has 0 radical (unpaired) electrons. The number of benzene rings is 1. The van der Waals surface area contributed by atoms with Crippen LogP contribution in [-0.2, 0) is 9.59 Å². The van der Waals surface area contributed by atoms with Gasteiger partial charge in [-0.15, -0.1) is 11.3 Å². The molecule has 0 saturated carbocycles. The maximum Gasteiger partial charge on any atom is 0.257 e. The van der Waals surface area contributed by atoms with Gasteiger partial charge in [-0.2, -0.15) is 0 Å². The van der Waals surface area contributed by atoms with Crippen LogP contribution < -0.4 is 10.6 Å². The summed E-state index contributed by atoms with van der Waals surface area (Å²) in [4.78, 5) is 42.3. The Morgan fingerprint density at radius 3 is 2.70 bits per heavy atom. The van der Waals surface area contributed by atoms with Crippen LogP contribution in [0.3, 0.4) is 0 Å². The van der Waals surface area contributed by atoms with Crippen molar-refractivity contribution in [3.8, 4) is 0 Å². The first-order valence-electron chi connectivity index (χ1n) is 8.96. The number of amides is 3. The van der Waals surface area contributed by atoms with Crippen LogP contribution in [-0.4, -0.2) is 40.7 Å². The maximum atomic E-state index is 12.4. The molecule has 0 aliphatic carbocycles. The molecule has 3 amide bonds. The Morgan fingerprint density at radius 1 is 1.26 bits per heavy atom. The minimum Gasteiger partial charge on any atom is -0.342 e. The number of anilines is 2. The average Bonchev–Trinajstić information content (AvgIpc) is 3.30. The molecule has 0 spiro atoms. The van der Waals surface area contributed by atoms with Gasteiger partial charge in [-0.1, -0.05) is 13.3 Å². The molecule has 1 unspecified atom stereocenters. The van der Waals surface area contributed by atoms with Crippen molar-refractivity contribution < 1.29 is 14.4 Å². The summed E-state index contributed by atoms with van der Waals surface area (Å²) in [6, 6.07) is 6.65. The Labute approximate surface area is 161 Å². The molecule has 1 aliphatic rings. The van der Waals surface area contributed by atoms with E-state index in [0.29, 0.717) is 29.5 Å². The summed E-state index contributed by atoms with van der Waals surface area (Å²) in [7, 11) is 0. The van der Waals surface area contributed by atoms with Gasteiger partial charge in [0.05, 0.1) is 5.92 Å². The monoisotopic (exact) mass is 386 g/mol. The lowest BCUT2D eigenvalue weighted by atomic mass is 10.1. The Hall–Kier alpha value is -2.74. The number of rotatable bonds is 7. The zero-order valence-corrected chi connectivity index (χ0v) is 15.9. The van der Waals surface area contributed by atoms with Crippen molar-refractivity contribution in [3.63, 3.8) is 0 Å². The van der Waals surface area contributed by atoms with Crippen LogP contribution in [0.2, 0.25) is 0 Å². The number of thiazole rings is 1. The number of nitrogens with one attached hydrogen (secondary N) is 2. The maximum absolute atomic E-state index is 12.4. The lowest BCUT2D eigenvalue weighted by molar-refractivity contribution is -0.128. The van der Waals surface area contributed by atoms with E-state index in [0.717, 1.165) is 12.8 Å². The van der Waals surface area contributed by atoms with Crippen molar-refractivity contribution in [2.75, 3.05) is 23.7 Å². The summed E-state index contributed by atoms with van der Waals surface area (Å²) in [6.07, 6.45) is 3.84. The molecule has 8 heteroatoms. The van der Waals surface area contributed by atoms with Gasteiger partial charge < -0.3 is 10.2 Å². The Bertz CT molecular complexity index is 805. The second-order valence-corrected chi connectivity index (χ2v) is 7.35. The molecule has 7 nitrogen and oxygen atoms in total. The highest BCUT2D eigenvalue weighted by molar-refractivity contribution is 7.13. The number of hydrogen-bond acceptors (Lipinski definition) is 5. The summed E-state index contributed by atoms with van der Waals surface area (Å²) in [6.45, 7) is 3.26. The number of unbranched alkanes of at least 4 members (excludes halogenated alkanes) is 1. The van der Waals surface area contributed by atoms with Gasteiger partial charge in [-0.25, -0.2) is 4.98 Å². The highest BCUT2D eigenvalue weighted by Crippen LogP contribution is 2.21. The Balaban J connectivity index is 1.54. The van der Waals surface area contributed by atoms with Crippen LogP contribution in [0.15, 0.2) is 35.8 Å². The van der Waals surface area contributed by atoms with Crippen LogP contribution in [0.1, 0.15) is 36.5 Å². The summed E-state index contributed by atoms with van der Waals surface area (Å²) in [5.74, 6) is -0.710. The van der Waals surface area contributed by atoms with Gasteiger partial charge in [0.2, 0.25) is 11.8 Å². The molecule has 0 bridgehead atoms. The fourth-order valence-corrected chi connectivity index (χ4v) is 3.44. The topological polar surface area (TPSA) is 91.4 Å². The molecule has 1 saturated heterocycles. The van der Waals surface area contributed by atoms with Gasteiger partial charge in [0, 0.05) is 42.3 Å². The molecule has 2 heterocycles. The number of hydrogen-bond donors (Lipinski definition) is 2. The molecule has 1 aromatic heterocycles. The smallest absolute Gasteiger partial charge is 0.257 e. The first kappa shape index (κ1) is 19.0. The molecular formula is C19H22N4O3S. The van der Waals surface area contributed by atoms with Crippen molar-refractivity contribution in [2.24, 2.45) is 5.92 Å². The predicted molar refractivity (Wildman–Crippen MR) is 105 cm³/mol. The van der Waals surface area contributed by atoms with Crippen LogP contribution >= 0.6 is 11.3 Å². The molecule has 3 rings (SSSR count). The number of nitrogens with zero attached hydrogens (tertiary/aromatic N) is 2. The minimum atomic E-state index is -0.331. The van der Waals surface area contributed by atoms with Gasteiger partial charge in [0.1, 0.15) is 0 Å². The molecule has 1 aliphatic heterocycles. The number of aromatic nitrogens is 1. The largest absolute Gasteiger partial charge is 0.342 e.